The van der Waals surface area contributed by atoms with Gasteiger partial charge in [-0.25, -0.2) is 4.39 Å². The number of halogens is 3. The third-order valence-corrected chi connectivity index (χ3v) is 4.28. The molecule has 0 aliphatic heterocycles. The molecule has 2 rings (SSSR count). The van der Waals surface area contributed by atoms with Gasteiger partial charge in [0.25, 0.3) is 0 Å². The minimum absolute atomic E-state index is 0.214. The van der Waals surface area contributed by atoms with E-state index in [4.69, 9.17) is 16.3 Å². The standard InChI is InChI=1S/C16H16BrClFNO/c1-3-20-16(11-5-4-6-13(19)15(11)17)12-9-10(18)7-8-14(12)21-2/h4-9,16,20H,3H2,1-2H3. The molecule has 0 saturated heterocycles. The number of nitrogens with one attached hydrogen (secondary N) is 1. The summed E-state index contributed by atoms with van der Waals surface area (Å²) in [6.45, 7) is 2.72. The summed E-state index contributed by atoms with van der Waals surface area (Å²) in [5.41, 5.74) is 1.68. The molecule has 2 aromatic rings. The first-order valence-corrected chi connectivity index (χ1v) is 7.76. The van der Waals surface area contributed by atoms with E-state index in [2.05, 4.69) is 21.2 Å². The number of benzene rings is 2. The predicted molar refractivity (Wildman–Crippen MR) is 87.6 cm³/mol. The summed E-state index contributed by atoms with van der Waals surface area (Å²) in [6.07, 6.45) is 0. The van der Waals surface area contributed by atoms with Crippen LogP contribution in [0.25, 0.3) is 0 Å². The third kappa shape index (κ3) is 3.57. The summed E-state index contributed by atoms with van der Waals surface area (Å²) in [6, 6.07) is 10.2. The van der Waals surface area contributed by atoms with Crippen molar-refractivity contribution >= 4 is 27.5 Å². The maximum Gasteiger partial charge on any atom is 0.137 e. The fraction of sp³-hybridized carbons (Fsp3) is 0.250. The van der Waals surface area contributed by atoms with Gasteiger partial charge in [-0.05, 0) is 52.3 Å². The SMILES string of the molecule is CCNC(c1cc(Cl)ccc1OC)c1cccc(F)c1Br. The van der Waals surface area contributed by atoms with Gasteiger partial charge in [-0.2, -0.15) is 0 Å². The van der Waals surface area contributed by atoms with Crippen molar-refractivity contribution in [2.24, 2.45) is 0 Å². The van der Waals surface area contributed by atoms with Crippen LogP contribution >= 0.6 is 27.5 Å². The molecule has 2 nitrogen and oxygen atoms in total. The molecule has 0 saturated carbocycles. The molecular formula is C16H16BrClFNO. The van der Waals surface area contributed by atoms with E-state index in [-0.39, 0.29) is 11.9 Å². The van der Waals surface area contributed by atoms with Crippen LogP contribution in [0.5, 0.6) is 5.75 Å². The largest absolute Gasteiger partial charge is 0.496 e. The molecule has 0 bridgehead atoms. The van der Waals surface area contributed by atoms with Crippen molar-refractivity contribution in [1.82, 2.24) is 5.32 Å². The Kier molecular flexibility index (Phi) is 5.62. The van der Waals surface area contributed by atoms with Crippen LogP contribution in [0, 0.1) is 5.82 Å². The Morgan fingerprint density at radius 3 is 2.71 bits per heavy atom. The molecule has 1 unspecified atom stereocenters. The van der Waals surface area contributed by atoms with Gasteiger partial charge in [0, 0.05) is 10.6 Å². The molecule has 0 heterocycles. The van der Waals surface area contributed by atoms with E-state index in [0.717, 1.165) is 17.7 Å². The van der Waals surface area contributed by atoms with Crippen molar-refractivity contribution in [3.05, 3.63) is 62.8 Å². The predicted octanol–water partition coefficient (Wildman–Crippen LogP) is 4.95. The first-order valence-electron chi connectivity index (χ1n) is 6.59. The second-order valence-corrected chi connectivity index (χ2v) is 5.75. The zero-order valence-electron chi connectivity index (χ0n) is 11.8. The van der Waals surface area contributed by atoms with Gasteiger partial charge in [-0.1, -0.05) is 30.7 Å². The minimum Gasteiger partial charge on any atom is -0.496 e. The molecule has 0 aromatic heterocycles. The summed E-state index contributed by atoms with van der Waals surface area (Å²) in [5.74, 6) is 0.415. The van der Waals surface area contributed by atoms with E-state index in [1.165, 1.54) is 6.07 Å². The molecule has 0 spiro atoms. The van der Waals surface area contributed by atoms with Gasteiger partial charge in [0.05, 0.1) is 17.6 Å². The van der Waals surface area contributed by atoms with E-state index >= 15 is 0 Å². The molecule has 0 amide bonds. The quantitative estimate of drug-likeness (QED) is 0.802. The molecule has 2 aromatic carbocycles. The van der Waals surface area contributed by atoms with Gasteiger partial charge >= 0.3 is 0 Å². The van der Waals surface area contributed by atoms with Gasteiger partial charge in [-0.15, -0.1) is 0 Å². The molecule has 0 radical (unpaired) electrons. The highest BCUT2D eigenvalue weighted by Crippen LogP contribution is 2.36. The highest BCUT2D eigenvalue weighted by Gasteiger charge is 2.21. The second-order valence-electron chi connectivity index (χ2n) is 4.52. The van der Waals surface area contributed by atoms with E-state index in [1.54, 1.807) is 19.2 Å². The Hall–Kier alpha value is -1.10. The molecule has 1 atom stereocenters. The molecule has 5 heteroatoms. The van der Waals surface area contributed by atoms with Crippen LogP contribution in [0.3, 0.4) is 0 Å². The smallest absolute Gasteiger partial charge is 0.137 e. The van der Waals surface area contributed by atoms with Gasteiger partial charge in [0.15, 0.2) is 0 Å². The Balaban J connectivity index is 2.58. The number of rotatable bonds is 5. The Bertz CT molecular complexity index is 636. The molecule has 0 aliphatic carbocycles. The van der Waals surface area contributed by atoms with Gasteiger partial charge in [-0.3, -0.25) is 0 Å². The third-order valence-electron chi connectivity index (χ3n) is 3.20. The summed E-state index contributed by atoms with van der Waals surface area (Å²) < 4.78 is 19.7. The van der Waals surface area contributed by atoms with Gasteiger partial charge in [0.2, 0.25) is 0 Å². The van der Waals surface area contributed by atoms with Crippen molar-refractivity contribution in [2.45, 2.75) is 13.0 Å². The average molecular weight is 373 g/mol. The Morgan fingerprint density at radius 2 is 2.05 bits per heavy atom. The zero-order chi connectivity index (χ0) is 15.4. The van der Waals surface area contributed by atoms with Crippen molar-refractivity contribution < 1.29 is 9.13 Å². The summed E-state index contributed by atoms with van der Waals surface area (Å²) >= 11 is 9.43. The zero-order valence-corrected chi connectivity index (χ0v) is 14.1. The van der Waals surface area contributed by atoms with Crippen LogP contribution in [-0.4, -0.2) is 13.7 Å². The first-order chi connectivity index (χ1) is 10.1. The summed E-state index contributed by atoms with van der Waals surface area (Å²) in [4.78, 5) is 0. The van der Waals surface area contributed by atoms with E-state index in [9.17, 15) is 4.39 Å². The fourth-order valence-electron chi connectivity index (χ4n) is 2.27. The van der Waals surface area contributed by atoms with Crippen LogP contribution in [0.2, 0.25) is 5.02 Å². The van der Waals surface area contributed by atoms with E-state index in [0.29, 0.717) is 15.2 Å². The highest BCUT2D eigenvalue weighted by atomic mass is 79.9. The number of hydrogen-bond donors (Lipinski definition) is 1. The van der Waals surface area contributed by atoms with E-state index < -0.39 is 0 Å². The molecule has 0 fully saturated rings. The molecule has 0 aliphatic rings. The van der Waals surface area contributed by atoms with Crippen molar-refractivity contribution in [2.75, 3.05) is 13.7 Å². The normalized spacial score (nSPS) is 12.2. The lowest BCUT2D eigenvalue weighted by Crippen LogP contribution is -2.23. The summed E-state index contributed by atoms with van der Waals surface area (Å²) in [5, 5.41) is 3.96. The fourth-order valence-corrected chi connectivity index (χ4v) is 2.94. The van der Waals surface area contributed by atoms with Gasteiger partial charge < -0.3 is 10.1 Å². The van der Waals surface area contributed by atoms with E-state index in [1.807, 2.05) is 25.1 Å². The number of methoxy groups -OCH3 is 1. The monoisotopic (exact) mass is 371 g/mol. The maximum atomic E-state index is 13.8. The summed E-state index contributed by atoms with van der Waals surface area (Å²) in [7, 11) is 1.61. The second kappa shape index (κ2) is 7.25. The van der Waals surface area contributed by atoms with Crippen molar-refractivity contribution in [1.29, 1.82) is 0 Å². The van der Waals surface area contributed by atoms with Gasteiger partial charge in [0.1, 0.15) is 11.6 Å². The topological polar surface area (TPSA) is 21.3 Å². The van der Waals surface area contributed by atoms with Crippen LogP contribution < -0.4 is 10.1 Å². The molecular weight excluding hydrogens is 357 g/mol. The highest BCUT2D eigenvalue weighted by molar-refractivity contribution is 9.10. The molecule has 21 heavy (non-hydrogen) atoms. The van der Waals surface area contributed by atoms with Crippen LogP contribution in [0.4, 0.5) is 4.39 Å². The molecule has 1 N–H and O–H groups in total. The first kappa shape index (κ1) is 16.3. The van der Waals surface area contributed by atoms with Crippen molar-refractivity contribution in [3.63, 3.8) is 0 Å². The average Bonchev–Trinajstić information content (AvgIpc) is 2.48. The Morgan fingerprint density at radius 1 is 1.29 bits per heavy atom. The van der Waals surface area contributed by atoms with Crippen LogP contribution in [-0.2, 0) is 0 Å². The molecule has 112 valence electrons. The minimum atomic E-state index is -0.295. The van der Waals surface area contributed by atoms with Crippen LogP contribution in [0.15, 0.2) is 40.9 Å². The van der Waals surface area contributed by atoms with Crippen molar-refractivity contribution in [3.8, 4) is 5.75 Å². The van der Waals surface area contributed by atoms with Crippen LogP contribution in [0.1, 0.15) is 24.1 Å². The lowest BCUT2D eigenvalue weighted by molar-refractivity contribution is 0.404. The number of hydrogen-bond acceptors (Lipinski definition) is 2. The lowest BCUT2D eigenvalue weighted by Gasteiger charge is -2.22. The lowest BCUT2D eigenvalue weighted by atomic mass is 9.97. The maximum absolute atomic E-state index is 13.8. The Labute approximate surface area is 137 Å². The number of ether oxygens (including phenoxy) is 1.